The third-order valence-electron chi connectivity index (χ3n) is 2.81. The van der Waals surface area contributed by atoms with Crippen LogP contribution in [0.25, 0.3) is 17.0 Å². The standard InChI is InChI=1S/C13H13N5/c1-9(14)10-8-12-16-6-7-18(12)17-13(10)11-4-2-3-5-15-11/h2-9H,14H2,1H3/t9-/m1/s1. The minimum atomic E-state index is -0.115. The molecule has 0 aliphatic heterocycles. The monoisotopic (exact) mass is 239 g/mol. The minimum absolute atomic E-state index is 0.115. The van der Waals surface area contributed by atoms with Gasteiger partial charge in [0, 0.05) is 30.2 Å². The van der Waals surface area contributed by atoms with E-state index in [9.17, 15) is 0 Å². The SMILES string of the molecule is C[C@@H](N)c1cc2nccn2nc1-c1ccccn1. The number of hydrogen-bond donors (Lipinski definition) is 1. The second-order valence-electron chi connectivity index (χ2n) is 4.18. The predicted octanol–water partition coefficient (Wildman–Crippen LogP) is 1.81. The number of imidazole rings is 1. The molecule has 0 spiro atoms. The maximum Gasteiger partial charge on any atom is 0.153 e. The number of pyridine rings is 1. The van der Waals surface area contributed by atoms with Crippen molar-refractivity contribution < 1.29 is 0 Å². The Morgan fingerprint density at radius 2 is 2.11 bits per heavy atom. The van der Waals surface area contributed by atoms with E-state index in [0.29, 0.717) is 0 Å². The van der Waals surface area contributed by atoms with Crippen molar-refractivity contribution in [3.8, 4) is 11.4 Å². The van der Waals surface area contributed by atoms with Crippen LogP contribution in [0.1, 0.15) is 18.5 Å². The number of aromatic nitrogens is 4. The molecule has 5 heteroatoms. The largest absolute Gasteiger partial charge is 0.324 e. The molecule has 90 valence electrons. The Morgan fingerprint density at radius 3 is 2.83 bits per heavy atom. The number of rotatable bonds is 2. The van der Waals surface area contributed by atoms with Crippen molar-refractivity contribution in [2.45, 2.75) is 13.0 Å². The normalized spacial score (nSPS) is 12.8. The highest BCUT2D eigenvalue weighted by Gasteiger charge is 2.13. The Bertz CT molecular complexity index is 672. The van der Waals surface area contributed by atoms with Crippen molar-refractivity contribution in [3.05, 3.63) is 48.4 Å². The third kappa shape index (κ3) is 1.74. The van der Waals surface area contributed by atoms with E-state index in [0.717, 1.165) is 22.6 Å². The molecule has 3 rings (SSSR count). The molecule has 5 nitrogen and oxygen atoms in total. The van der Waals surface area contributed by atoms with E-state index < -0.39 is 0 Å². The highest BCUT2D eigenvalue weighted by atomic mass is 15.2. The van der Waals surface area contributed by atoms with Crippen LogP contribution in [-0.4, -0.2) is 19.6 Å². The highest BCUT2D eigenvalue weighted by molar-refractivity contribution is 5.61. The Balaban J connectivity index is 2.28. The molecule has 0 fully saturated rings. The molecule has 0 unspecified atom stereocenters. The van der Waals surface area contributed by atoms with Gasteiger partial charge in [0.25, 0.3) is 0 Å². The Labute approximate surface area is 104 Å². The average molecular weight is 239 g/mol. The number of fused-ring (bicyclic) bond motifs is 1. The Kier molecular flexibility index (Phi) is 2.53. The fourth-order valence-electron chi connectivity index (χ4n) is 1.92. The van der Waals surface area contributed by atoms with Crippen LogP contribution in [0.5, 0.6) is 0 Å². The van der Waals surface area contributed by atoms with E-state index in [1.807, 2.05) is 37.4 Å². The van der Waals surface area contributed by atoms with Crippen LogP contribution in [-0.2, 0) is 0 Å². The first-order chi connectivity index (χ1) is 8.75. The smallest absolute Gasteiger partial charge is 0.153 e. The molecule has 0 radical (unpaired) electrons. The van der Waals surface area contributed by atoms with Gasteiger partial charge in [-0.2, -0.15) is 5.10 Å². The van der Waals surface area contributed by atoms with E-state index >= 15 is 0 Å². The van der Waals surface area contributed by atoms with Crippen molar-refractivity contribution in [2.75, 3.05) is 0 Å². The van der Waals surface area contributed by atoms with E-state index in [4.69, 9.17) is 5.73 Å². The van der Waals surface area contributed by atoms with Gasteiger partial charge in [-0.15, -0.1) is 0 Å². The van der Waals surface area contributed by atoms with Crippen molar-refractivity contribution in [1.82, 2.24) is 19.6 Å². The molecular formula is C13H13N5. The molecule has 0 aliphatic rings. The zero-order chi connectivity index (χ0) is 12.5. The lowest BCUT2D eigenvalue weighted by Crippen LogP contribution is -2.10. The molecule has 0 amide bonds. The molecule has 1 atom stereocenters. The lowest BCUT2D eigenvalue weighted by Gasteiger charge is -2.11. The summed E-state index contributed by atoms with van der Waals surface area (Å²) in [4.78, 5) is 8.55. The molecule has 18 heavy (non-hydrogen) atoms. The number of hydrogen-bond acceptors (Lipinski definition) is 4. The summed E-state index contributed by atoms with van der Waals surface area (Å²) < 4.78 is 1.73. The summed E-state index contributed by atoms with van der Waals surface area (Å²) >= 11 is 0. The molecule has 3 heterocycles. The zero-order valence-corrected chi connectivity index (χ0v) is 9.99. The summed E-state index contributed by atoms with van der Waals surface area (Å²) in [6.07, 6.45) is 5.28. The van der Waals surface area contributed by atoms with Crippen molar-refractivity contribution in [3.63, 3.8) is 0 Å². The zero-order valence-electron chi connectivity index (χ0n) is 9.99. The van der Waals surface area contributed by atoms with Crippen LogP contribution < -0.4 is 5.73 Å². The molecule has 0 aromatic carbocycles. The minimum Gasteiger partial charge on any atom is -0.324 e. The summed E-state index contributed by atoms with van der Waals surface area (Å²) in [7, 11) is 0. The lowest BCUT2D eigenvalue weighted by atomic mass is 10.1. The van der Waals surface area contributed by atoms with Gasteiger partial charge >= 0.3 is 0 Å². The van der Waals surface area contributed by atoms with Crippen LogP contribution in [0, 0.1) is 0 Å². The van der Waals surface area contributed by atoms with Crippen LogP contribution in [0.2, 0.25) is 0 Å². The molecular weight excluding hydrogens is 226 g/mol. The Morgan fingerprint density at radius 1 is 1.22 bits per heavy atom. The fraction of sp³-hybridized carbons (Fsp3) is 0.154. The van der Waals surface area contributed by atoms with Gasteiger partial charge in [0.05, 0.1) is 5.69 Å². The first-order valence-electron chi connectivity index (χ1n) is 5.77. The lowest BCUT2D eigenvalue weighted by molar-refractivity contribution is 0.797. The van der Waals surface area contributed by atoms with Gasteiger partial charge in [-0.3, -0.25) is 4.98 Å². The van der Waals surface area contributed by atoms with Crippen LogP contribution >= 0.6 is 0 Å². The maximum absolute atomic E-state index is 6.01. The van der Waals surface area contributed by atoms with Gasteiger partial charge in [-0.1, -0.05) is 6.07 Å². The average Bonchev–Trinajstić information content (AvgIpc) is 2.85. The van der Waals surface area contributed by atoms with Crippen LogP contribution in [0.15, 0.2) is 42.9 Å². The topological polar surface area (TPSA) is 69.1 Å². The fourth-order valence-corrected chi connectivity index (χ4v) is 1.92. The summed E-state index contributed by atoms with van der Waals surface area (Å²) in [5.74, 6) is 0. The van der Waals surface area contributed by atoms with E-state index in [-0.39, 0.29) is 6.04 Å². The highest BCUT2D eigenvalue weighted by Crippen LogP contribution is 2.24. The maximum atomic E-state index is 6.01. The van der Waals surface area contributed by atoms with Gasteiger partial charge in [0.2, 0.25) is 0 Å². The molecule has 3 aromatic rings. The number of nitrogens with zero attached hydrogens (tertiary/aromatic N) is 4. The Hall–Kier alpha value is -2.27. The van der Waals surface area contributed by atoms with Gasteiger partial charge in [0.15, 0.2) is 5.65 Å². The van der Waals surface area contributed by atoms with Crippen LogP contribution in [0.3, 0.4) is 0 Å². The van der Waals surface area contributed by atoms with E-state index in [2.05, 4.69) is 15.1 Å². The summed E-state index contributed by atoms with van der Waals surface area (Å²) in [5, 5.41) is 4.54. The molecule has 0 saturated heterocycles. The van der Waals surface area contributed by atoms with Crippen molar-refractivity contribution in [1.29, 1.82) is 0 Å². The molecule has 3 aromatic heterocycles. The van der Waals surface area contributed by atoms with Gasteiger partial charge in [-0.05, 0) is 25.1 Å². The number of nitrogens with two attached hydrogens (primary N) is 1. The third-order valence-corrected chi connectivity index (χ3v) is 2.81. The quantitative estimate of drug-likeness (QED) is 0.740. The second-order valence-corrected chi connectivity index (χ2v) is 4.18. The summed E-state index contributed by atoms with van der Waals surface area (Å²) in [6.45, 7) is 1.93. The summed E-state index contributed by atoms with van der Waals surface area (Å²) in [6, 6.07) is 7.59. The van der Waals surface area contributed by atoms with E-state index in [1.165, 1.54) is 0 Å². The molecule has 0 saturated carbocycles. The second kappa shape index (κ2) is 4.19. The van der Waals surface area contributed by atoms with E-state index in [1.54, 1.807) is 16.9 Å². The first-order valence-corrected chi connectivity index (χ1v) is 5.77. The predicted molar refractivity (Wildman–Crippen MR) is 68.8 cm³/mol. The summed E-state index contributed by atoms with van der Waals surface area (Å²) in [5.41, 5.74) is 9.37. The molecule has 0 bridgehead atoms. The van der Waals surface area contributed by atoms with Crippen molar-refractivity contribution in [2.24, 2.45) is 5.73 Å². The first kappa shape index (κ1) is 10.9. The van der Waals surface area contributed by atoms with Gasteiger partial charge in [-0.25, -0.2) is 9.50 Å². The van der Waals surface area contributed by atoms with Gasteiger partial charge < -0.3 is 5.73 Å². The molecule has 0 aliphatic carbocycles. The molecule has 2 N–H and O–H groups in total. The van der Waals surface area contributed by atoms with Crippen molar-refractivity contribution >= 4 is 5.65 Å². The van der Waals surface area contributed by atoms with Gasteiger partial charge in [0.1, 0.15) is 5.69 Å². The van der Waals surface area contributed by atoms with Crippen LogP contribution in [0.4, 0.5) is 0 Å².